The fourth-order valence-corrected chi connectivity index (χ4v) is 4.71. The highest BCUT2D eigenvalue weighted by molar-refractivity contribution is 14.0. The predicted molar refractivity (Wildman–Crippen MR) is 119 cm³/mol. The largest absolute Gasteiger partial charge is 0.356 e. The van der Waals surface area contributed by atoms with Gasteiger partial charge < -0.3 is 15.5 Å². The molecule has 24 heavy (non-hydrogen) atoms. The Morgan fingerprint density at radius 3 is 2.71 bits per heavy atom. The molecule has 2 N–H and O–H groups in total. The van der Waals surface area contributed by atoms with Crippen LogP contribution >= 0.6 is 35.7 Å². The summed E-state index contributed by atoms with van der Waals surface area (Å²) >= 11 is 2.01. The van der Waals surface area contributed by atoms with Crippen molar-refractivity contribution in [3.8, 4) is 0 Å². The number of nitrogens with zero attached hydrogens (tertiary/aromatic N) is 2. The molecule has 142 valence electrons. The lowest BCUT2D eigenvalue weighted by molar-refractivity contribution is 0.159. The lowest BCUT2D eigenvalue weighted by Crippen LogP contribution is -2.47. The second kappa shape index (κ2) is 11.8. The Morgan fingerprint density at radius 2 is 2.08 bits per heavy atom. The summed E-state index contributed by atoms with van der Waals surface area (Å²) < 4.78 is 0. The highest BCUT2D eigenvalue weighted by atomic mass is 127. The van der Waals surface area contributed by atoms with Crippen molar-refractivity contribution in [1.29, 1.82) is 0 Å². The van der Waals surface area contributed by atoms with Gasteiger partial charge in [-0.3, -0.25) is 4.99 Å². The van der Waals surface area contributed by atoms with E-state index in [4.69, 9.17) is 0 Å². The van der Waals surface area contributed by atoms with Gasteiger partial charge in [0.2, 0.25) is 0 Å². The minimum atomic E-state index is 0. The van der Waals surface area contributed by atoms with Crippen molar-refractivity contribution in [2.75, 3.05) is 39.5 Å². The van der Waals surface area contributed by atoms with Gasteiger partial charge in [0, 0.05) is 38.0 Å². The van der Waals surface area contributed by atoms with E-state index in [0.717, 1.165) is 29.6 Å². The number of piperidine rings is 1. The van der Waals surface area contributed by atoms with Gasteiger partial charge in [0.25, 0.3) is 0 Å². The normalized spacial score (nSPS) is 28.7. The Labute approximate surface area is 170 Å². The monoisotopic (exact) mass is 468 g/mol. The summed E-state index contributed by atoms with van der Waals surface area (Å²) in [5.41, 5.74) is 0. The van der Waals surface area contributed by atoms with E-state index in [2.05, 4.69) is 40.6 Å². The highest BCUT2D eigenvalue weighted by Gasteiger charge is 2.25. The number of thioether (sulfide) groups is 1. The van der Waals surface area contributed by atoms with Gasteiger partial charge >= 0.3 is 0 Å². The number of rotatable bonds is 6. The van der Waals surface area contributed by atoms with Crippen molar-refractivity contribution < 1.29 is 0 Å². The highest BCUT2D eigenvalue weighted by Crippen LogP contribution is 2.28. The topological polar surface area (TPSA) is 39.7 Å². The lowest BCUT2D eigenvalue weighted by atomic mass is 9.97. The molecule has 2 fully saturated rings. The van der Waals surface area contributed by atoms with E-state index < -0.39 is 0 Å². The van der Waals surface area contributed by atoms with Crippen LogP contribution < -0.4 is 10.6 Å². The van der Waals surface area contributed by atoms with Crippen molar-refractivity contribution in [3.05, 3.63) is 0 Å². The molecule has 1 aliphatic heterocycles. The maximum absolute atomic E-state index is 4.43. The molecule has 1 aliphatic carbocycles. The number of guanidine groups is 1. The summed E-state index contributed by atoms with van der Waals surface area (Å²) in [6.07, 6.45) is 8.79. The molecule has 4 nitrogen and oxygen atoms in total. The van der Waals surface area contributed by atoms with Crippen LogP contribution in [0.4, 0.5) is 0 Å². The van der Waals surface area contributed by atoms with Crippen molar-refractivity contribution in [2.45, 2.75) is 57.2 Å². The minimum absolute atomic E-state index is 0. The van der Waals surface area contributed by atoms with Gasteiger partial charge in [0.15, 0.2) is 5.96 Å². The van der Waals surface area contributed by atoms with E-state index in [0.29, 0.717) is 6.04 Å². The number of likely N-dealkylation sites (tertiary alicyclic amines) is 1. The number of nitrogens with one attached hydrogen (secondary N) is 2. The second-order valence-corrected chi connectivity index (χ2v) is 8.76. The first-order chi connectivity index (χ1) is 11.1. The van der Waals surface area contributed by atoms with Crippen LogP contribution in [0, 0.1) is 11.8 Å². The molecule has 3 unspecified atom stereocenters. The molecule has 0 radical (unpaired) electrons. The average Bonchev–Trinajstić information content (AvgIpc) is 2.99. The number of halogens is 1. The van der Waals surface area contributed by atoms with Crippen LogP contribution in [0.15, 0.2) is 4.99 Å². The van der Waals surface area contributed by atoms with E-state index in [1.807, 2.05) is 18.8 Å². The molecule has 2 aliphatic rings. The van der Waals surface area contributed by atoms with Gasteiger partial charge in [-0.1, -0.05) is 13.8 Å². The third kappa shape index (κ3) is 7.68. The Morgan fingerprint density at radius 1 is 1.29 bits per heavy atom. The van der Waals surface area contributed by atoms with Gasteiger partial charge in [0.1, 0.15) is 0 Å². The van der Waals surface area contributed by atoms with Crippen molar-refractivity contribution in [2.24, 2.45) is 16.8 Å². The fourth-order valence-electron chi connectivity index (χ4n) is 3.91. The van der Waals surface area contributed by atoms with Crippen LogP contribution in [-0.2, 0) is 0 Å². The summed E-state index contributed by atoms with van der Waals surface area (Å²) in [5.74, 6) is 2.52. The average molecular weight is 468 g/mol. The van der Waals surface area contributed by atoms with Gasteiger partial charge in [-0.05, 0) is 56.7 Å². The summed E-state index contributed by atoms with van der Waals surface area (Å²) in [6.45, 7) is 9.43. The Hall–Kier alpha value is 0.310. The second-order valence-electron chi connectivity index (χ2n) is 7.63. The number of aliphatic imine (C=N–C) groups is 1. The van der Waals surface area contributed by atoms with E-state index >= 15 is 0 Å². The molecule has 1 heterocycles. The van der Waals surface area contributed by atoms with Crippen molar-refractivity contribution >= 4 is 41.7 Å². The van der Waals surface area contributed by atoms with Crippen LogP contribution in [0.1, 0.15) is 46.0 Å². The van der Waals surface area contributed by atoms with E-state index in [1.165, 1.54) is 51.7 Å². The van der Waals surface area contributed by atoms with Gasteiger partial charge in [-0.2, -0.15) is 11.8 Å². The molecule has 2 rings (SSSR count). The van der Waals surface area contributed by atoms with Gasteiger partial charge in [-0.15, -0.1) is 24.0 Å². The zero-order chi connectivity index (χ0) is 16.7. The van der Waals surface area contributed by atoms with E-state index in [-0.39, 0.29) is 24.0 Å². The van der Waals surface area contributed by atoms with Gasteiger partial charge in [-0.25, -0.2) is 0 Å². The maximum atomic E-state index is 4.43. The standard InChI is InChI=1S/C18H36N4S.HI/c1-14(2)12-22-9-5-6-15(13-22)11-20-18(19-3)21-16-7-8-17(10-16)23-4;/h14-17H,5-13H2,1-4H3,(H2,19,20,21);1H. The molecule has 0 aromatic carbocycles. The van der Waals surface area contributed by atoms with Crippen molar-refractivity contribution in [3.63, 3.8) is 0 Å². The smallest absolute Gasteiger partial charge is 0.191 e. The van der Waals surface area contributed by atoms with E-state index in [9.17, 15) is 0 Å². The summed E-state index contributed by atoms with van der Waals surface area (Å²) in [4.78, 5) is 7.06. The Balaban J connectivity index is 0.00000288. The van der Waals surface area contributed by atoms with Crippen LogP contribution in [0.3, 0.4) is 0 Å². The summed E-state index contributed by atoms with van der Waals surface area (Å²) in [7, 11) is 1.89. The zero-order valence-corrected chi connectivity index (χ0v) is 19.0. The molecule has 0 spiro atoms. The molecule has 6 heteroatoms. The summed E-state index contributed by atoms with van der Waals surface area (Å²) in [6, 6.07) is 0.599. The zero-order valence-electron chi connectivity index (χ0n) is 15.9. The molecule has 0 aromatic heterocycles. The SMILES string of the molecule is CN=C(NCC1CCCN(CC(C)C)C1)NC1CCC(SC)C1.I. The first kappa shape index (κ1) is 22.4. The molecule has 0 aromatic rings. The molecule has 1 saturated carbocycles. The lowest BCUT2D eigenvalue weighted by Gasteiger charge is -2.34. The molecule has 0 amide bonds. The maximum Gasteiger partial charge on any atom is 0.191 e. The first-order valence-corrected chi connectivity index (χ1v) is 10.6. The van der Waals surface area contributed by atoms with E-state index in [1.54, 1.807) is 0 Å². The van der Waals surface area contributed by atoms with Gasteiger partial charge in [0.05, 0.1) is 0 Å². The molecule has 1 saturated heterocycles. The number of hydrogen-bond donors (Lipinski definition) is 2. The fraction of sp³-hybridized carbons (Fsp3) is 0.944. The minimum Gasteiger partial charge on any atom is -0.356 e. The van der Waals surface area contributed by atoms with Crippen LogP contribution in [-0.4, -0.2) is 61.6 Å². The molecular formula is C18H37IN4S. The molecule has 0 bridgehead atoms. The summed E-state index contributed by atoms with van der Waals surface area (Å²) in [5, 5.41) is 8.03. The predicted octanol–water partition coefficient (Wildman–Crippen LogP) is 3.42. The Bertz CT molecular complexity index is 378. The first-order valence-electron chi connectivity index (χ1n) is 9.33. The van der Waals surface area contributed by atoms with Crippen LogP contribution in [0.5, 0.6) is 0 Å². The molecular weight excluding hydrogens is 431 g/mol. The van der Waals surface area contributed by atoms with Crippen LogP contribution in [0.25, 0.3) is 0 Å². The van der Waals surface area contributed by atoms with Crippen LogP contribution in [0.2, 0.25) is 0 Å². The third-order valence-electron chi connectivity index (χ3n) is 5.07. The van der Waals surface area contributed by atoms with Crippen molar-refractivity contribution in [1.82, 2.24) is 15.5 Å². The quantitative estimate of drug-likeness (QED) is 0.356. The Kier molecular flexibility index (Phi) is 11.0. The number of hydrogen-bond acceptors (Lipinski definition) is 3. The third-order valence-corrected chi connectivity index (χ3v) is 6.16. The molecule has 3 atom stereocenters.